The van der Waals surface area contributed by atoms with Gasteiger partial charge in [-0.05, 0) is 18.6 Å². The number of fused-ring (bicyclic) bond motifs is 1. The molecule has 0 spiro atoms. The van der Waals surface area contributed by atoms with Crippen LogP contribution in [0.5, 0.6) is 11.5 Å². The lowest BCUT2D eigenvalue weighted by Crippen LogP contribution is -2.23. The second kappa shape index (κ2) is 7.26. The quantitative estimate of drug-likeness (QED) is 0.736. The van der Waals surface area contributed by atoms with Crippen molar-refractivity contribution in [3.63, 3.8) is 0 Å². The van der Waals surface area contributed by atoms with Crippen molar-refractivity contribution >= 4 is 5.78 Å². The van der Waals surface area contributed by atoms with Crippen LogP contribution < -0.4 is 9.47 Å². The van der Waals surface area contributed by atoms with Crippen molar-refractivity contribution < 1.29 is 24.1 Å². The third-order valence-electron chi connectivity index (χ3n) is 3.01. The molecule has 5 nitrogen and oxygen atoms in total. The van der Waals surface area contributed by atoms with E-state index in [2.05, 4.69) is 6.92 Å². The Balaban J connectivity index is 1.75. The minimum Gasteiger partial charge on any atom is -0.491 e. The Bertz CT molecular complexity index is 458. The van der Waals surface area contributed by atoms with Crippen LogP contribution in [-0.4, -0.2) is 43.4 Å². The van der Waals surface area contributed by atoms with Crippen LogP contribution in [0.4, 0.5) is 0 Å². The molecular weight excluding hydrogens is 260 g/mol. The third-order valence-corrected chi connectivity index (χ3v) is 3.01. The first-order chi connectivity index (χ1) is 9.70. The monoisotopic (exact) mass is 280 g/mol. The van der Waals surface area contributed by atoms with Crippen molar-refractivity contribution in [2.45, 2.75) is 25.9 Å². The number of Topliss-reactive ketones (excluding diaryl/α,β-unsaturated/α-hetero) is 1. The normalized spacial score (nSPS) is 14.8. The van der Waals surface area contributed by atoms with E-state index in [0.717, 1.165) is 12.8 Å². The van der Waals surface area contributed by atoms with Gasteiger partial charge in [-0.3, -0.25) is 4.79 Å². The number of carbonyl (C=O) groups is 1. The van der Waals surface area contributed by atoms with Crippen molar-refractivity contribution in [3.8, 4) is 11.5 Å². The lowest BCUT2D eigenvalue weighted by Gasteiger charge is -2.13. The summed E-state index contributed by atoms with van der Waals surface area (Å²) in [4.78, 5) is 11.4. The smallest absolute Gasteiger partial charge is 0.203 e. The van der Waals surface area contributed by atoms with Gasteiger partial charge < -0.3 is 19.3 Å². The molecule has 1 aromatic carbocycles. The van der Waals surface area contributed by atoms with E-state index in [0.29, 0.717) is 23.7 Å². The molecule has 20 heavy (non-hydrogen) atoms. The van der Waals surface area contributed by atoms with Gasteiger partial charge in [-0.1, -0.05) is 13.3 Å². The summed E-state index contributed by atoms with van der Waals surface area (Å²) < 4.78 is 16.0. The molecule has 1 unspecified atom stereocenters. The topological polar surface area (TPSA) is 65.0 Å². The number of ether oxygens (including phenoxy) is 3. The minimum absolute atomic E-state index is 0.0177. The second-order valence-electron chi connectivity index (χ2n) is 4.76. The van der Waals surface area contributed by atoms with Crippen LogP contribution in [0, 0.1) is 0 Å². The highest BCUT2D eigenvalue weighted by Gasteiger charge is 2.21. The first kappa shape index (κ1) is 14.8. The zero-order valence-electron chi connectivity index (χ0n) is 11.6. The van der Waals surface area contributed by atoms with Crippen LogP contribution in [0.15, 0.2) is 18.2 Å². The van der Waals surface area contributed by atoms with Crippen molar-refractivity contribution in [1.82, 2.24) is 0 Å². The van der Waals surface area contributed by atoms with Gasteiger partial charge in [0.1, 0.15) is 24.2 Å². The zero-order valence-corrected chi connectivity index (χ0v) is 11.6. The molecule has 1 aliphatic heterocycles. The van der Waals surface area contributed by atoms with Crippen molar-refractivity contribution in [3.05, 3.63) is 23.8 Å². The summed E-state index contributed by atoms with van der Waals surface area (Å²) in [5, 5.41) is 9.71. The Kier molecular flexibility index (Phi) is 5.38. The fourth-order valence-electron chi connectivity index (χ4n) is 1.87. The molecule has 110 valence electrons. The van der Waals surface area contributed by atoms with E-state index in [9.17, 15) is 9.90 Å². The molecular formula is C15H20O5. The van der Waals surface area contributed by atoms with E-state index in [1.54, 1.807) is 18.2 Å². The molecule has 0 saturated carbocycles. The van der Waals surface area contributed by atoms with Gasteiger partial charge in [0, 0.05) is 12.7 Å². The largest absolute Gasteiger partial charge is 0.491 e. The second-order valence-corrected chi connectivity index (χ2v) is 4.76. The number of aliphatic hydroxyl groups is 1. The van der Waals surface area contributed by atoms with Gasteiger partial charge in [-0.2, -0.15) is 0 Å². The number of rotatable bonds is 8. The number of unbranched alkanes of at least 4 members (excludes halogenated alkanes) is 1. The van der Waals surface area contributed by atoms with Gasteiger partial charge in [-0.15, -0.1) is 0 Å². The van der Waals surface area contributed by atoms with Gasteiger partial charge in [0.2, 0.25) is 5.78 Å². The fourth-order valence-corrected chi connectivity index (χ4v) is 1.87. The van der Waals surface area contributed by atoms with E-state index in [1.165, 1.54) is 0 Å². The molecule has 2 rings (SSSR count). The summed E-state index contributed by atoms with van der Waals surface area (Å²) in [5.41, 5.74) is 0.584. The molecule has 0 saturated heterocycles. The first-order valence-corrected chi connectivity index (χ1v) is 6.89. The fraction of sp³-hybridized carbons (Fsp3) is 0.533. The summed E-state index contributed by atoms with van der Waals surface area (Å²) in [6.07, 6.45) is 1.40. The van der Waals surface area contributed by atoms with E-state index >= 15 is 0 Å². The summed E-state index contributed by atoms with van der Waals surface area (Å²) in [7, 11) is 0. The Morgan fingerprint density at radius 1 is 1.40 bits per heavy atom. The van der Waals surface area contributed by atoms with E-state index < -0.39 is 6.10 Å². The highest BCUT2D eigenvalue weighted by Crippen LogP contribution is 2.29. The third kappa shape index (κ3) is 3.95. The maximum absolute atomic E-state index is 11.4. The predicted octanol–water partition coefficient (Wildman–Crippen LogP) is 1.82. The standard InChI is InChI=1S/C15H20O5/c1-2-3-6-18-8-11(16)9-19-12-4-5-13-14(17)10-20-15(13)7-12/h4-5,7,11,16H,2-3,6,8-10H2,1H3. The van der Waals surface area contributed by atoms with Crippen LogP contribution in [0.2, 0.25) is 0 Å². The Labute approximate surface area is 118 Å². The van der Waals surface area contributed by atoms with Gasteiger partial charge in [0.05, 0.1) is 12.2 Å². The number of aliphatic hydroxyl groups excluding tert-OH is 1. The van der Waals surface area contributed by atoms with Crippen LogP contribution in [0.25, 0.3) is 0 Å². The lowest BCUT2D eigenvalue weighted by atomic mass is 10.1. The van der Waals surface area contributed by atoms with E-state index in [-0.39, 0.29) is 25.6 Å². The average Bonchev–Trinajstić information content (AvgIpc) is 2.82. The molecule has 0 radical (unpaired) electrons. The van der Waals surface area contributed by atoms with Gasteiger partial charge in [0.25, 0.3) is 0 Å². The van der Waals surface area contributed by atoms with E-state index in [1.807, 2.05) is 0 Å². The molecule has 0 bridgehead atoms. The zero-order chi connectivity index (χ0) is 14.4. The number of hydrogen-bond donors (Lipinski definition) is 1. The maximum atomic E-state index is 11.4. The van der Waals surface area contributed by atoms with Crippen LogP contribution >= 0.6 is 0 Å². The predicted molar refractivity (Wildman–Crippen MR) is 73.5 cm³/mol. The highest BCUT2D eigenvalue weighted by molar-refractivity contribution is 6.02. The molecule has 0 aliphatic carbocycles. The maximum Gasteiger partial charge on any atom is 0.203 e. The van der Waals surface area contributed by atoms with Crippen molar-refractivity contribution in [2.75, 3.05) is 26.4 Å². The van der Waals surface area contributed by atoms with E-state index in [4.69, 9.17) is 14.2 Å². The molecule has 1 aliphatic rings. The summed E-state index contributed by atoms with van der Waals surface area (Å²) in [5.74, 6) is 1.10. The highest BCUT2D eigenvalue weighted by atomic mass is 16.5. The molecule has 0 aromatic heterocycles. The van der Waals surface area contributed by atoms with Crippen molar-refractivity contribution in [1.29, 1.82) is 0 Å². The SMILES string of the molecule is CCCCOCC(O)COc1ccc2c(c1)OCC2=O. The summed E-state index contributed by atoms with van der Waals surface area (Å²) in [6.45, 7) is 3.25. The lowest BCUT2D eigenvalue weighted by molar-refractivity contribution is 0.0113. The van der Waals surface area contributed by atoms with Crippen LogP contribution in [0.3, 0.4) is 0 Å². The molecule has 0 amide bonds. The van der Waals surface area contributed by atoms with Gasteiger partial charge in [-0.25, -0.2) is 0 Å². The molecule has 1 N–H and O–H groups in total. The minimum atomic E-state index is -0.664. The molecule has 0 fully saturated rings. The van der Waals surface area contributed by atoms with Crippen LogP contribution in [-0.2, 0) is 4.74 Å². The summed E-state index contributed by atoms with van der Waals surface area (Å²) >= 11 is 0. The number of benzene rings is 1. The van der Waals surface area contributed by atoms with Crippen molar-refractivity contribution in [2.24, 2.45) is 0 Å². The number of ketones is 1. The molecule has 1 heterocycles. The molecule has 5 heteroatoms. The first-order valence-electron chi connectivity index (χ1n) is 6.89. The Morgan fingerprint density at radius 2 is 2.25 bits per heavy atom. The number of hydrogen-bond acceptors (Lipinski definition) is 5. The van der Waals surface area contributed by atoms with Gasteiger partial charge >= 0.3 is 0 Å². The Morgan fingerprint density at radius 3 is 3.05 bits per heavy atom. The number of carbonyl (C=O) groups excluding carboxylic acids is 1. The van der Waals surface area contributed by atoms with Crippen LogP contribution in [0.1, 0.15) is 30.1 Å². The Hall–Kier alpha value is -1.59. The molecule has 1 aromatic rings. The van der Waals surface area contributed by atoms with Gasteiger partial charge in [0.15, 0.2) is 6.61 Å². The molecule has 1 atom stereocenters. The summed E-state index contributed by atoms with van der Waals surface area (Å²) in [6, 6.07) is 5.06. The average molecular weight is 280 g/mol.